The Kier molecular flexibility index (Phi) is 3.10. The van der Waals surface area contributed by atoms with E-state index in [1.807, 2.05) is 25.1 Å². The fourth-order valence-corrected chi connectivity index (χ4v) is 2.14. The van der Waals surface area contributed by atoms with Gasteiger partial charge in [-0.05, 0) is 49.4 Å². The van der Waals surface area contributed by atoms with Gasteiger partial charge in [0.1, 0.15) is 0 Å². The summed E-state index contributed by atoms with van der Waals surface area (Å²) in [5.74, 6) is 0.758. The number of carbonyl (C=O) groups excluding carboxylic acids is 1. The average molecular weight is 268 g/mol. The Morgan fingerprint density at radius 3 is 2.80 bits per heavy atom. The maximum atomic E-state index is 11.7. The van der Waals surface area contributed by atoms with Gasteiger partial charge in [-0.25, -0.2) is 0 Å². The van der Waals surface area contributed by atoms with Crippen LogP contribution in [0.3, 0.4) is 0 Å². The molecule has 1 aliphatic rings. The molecule has 0 spiro atoms. The Balaban J connectivity index is 2.02. The lowest BCUT2D eigenvalue weighted by Gasteiger charge is -2.05. The van der Waals surface area contributed by atoms with E-state index in [4.69, 9.17) is 0 Å². The number of hydrogen-bond donors (Lipinski definition) is 1. The van der Waals surface area contributed by atoms with Crippen LogP contribution in [0.5, 0.6) is 0 Å². The third-order valence-electron chi connectivity index (χ3n) is 2.55. The molecule has 1 aromatic carbocycles. The number of benzene rings is 1. The van der Waals surface area contributed by atoms with Gasteiger partial charge in [0.05, 0.1) is 0 Å². The minimum atomic E-state index is 0.0336. The zero-order chi connectivity index (χ0) is 10.8. The molecule has 0 bridgehead atoms. The summed E-state index contributed by atoms with van der Waals surface area (Å²) in [5, 5.41) is 2.96. The van der Waals surface area contributed by atoms with Crippen LogP contribution >= 0.6 is 15.9 Å². The lowest BCUT2D eigenvalue weighted by atomic mass is 10.1. The number of hydrogen-bond acceptors (Lipinski definition) is 1. The highest BCUT2D eigenvalue weighted by Crippen LogP contribution is 2.27. The topological polar surface area (TPSA) is 29.1 Å². The van der Waals surface area contributed by atoms with Crippen molar-refractivity contribution in [2.24, 2.45) is 5.92 Å². The highest BCUT2D eigenvalue weighted by Gasteiger charge is 2.21. The van der Waals surface area contributed by atoms with Gasteiger partial charge in [0, 0.05) is 16.6 Å². The Morgan fingerprint density at radius 1 is 1.47 bits per heavy atom. The smallest absolute Gasteiger partial charge is 0.251 e. The monoisotopic (exact) mass is 267 g/mol. The number of rotatable bonds is 3. The van der Waals surface area contributed by atoms with E-state index in [1.54, 1.807) is 0 Å². The van der Waals surface area contributed by atoms with Crippen LogP contribution in [-0.2, 0) is 0 Å². The van der Waals surface area contributed by atoms with E-state index < -0.39 is 0 Å². The first-order chi connectivity index (χ1) is 7.15. The molecule has 1 fully saturated rings. The van der Waals surface area contributed by atoms with Gasteiger partial charge in [0.25, 0.3) is 5.91 Å². The van der Waals surface area contributed by atoms with Gasteiger partial charge < -0.3 is 5.32 Å². The second kappa shape index (κ2) is 4.35. The maximum absolute atomic E-state index is 11.7. The standard InChI is InChI=1S/C12H14BrNO/c1-8-4-10(6-11(13)5-8)12(15)14-7-9-2-3-9/h4-6,9H,2-3,7H2,1H3,(H,14,15). The van der Waals surface area contributed by atoms with Crippen molar-refractivity contribution >= 4 is 21.8 Å². The molecule has 0 atom stereocenters. The Bertz CT molecular complexity index is 365. The zero-order valence-corrected chi connectivity index (χ0v) is 10.3. The lowest BCUT2D eigenvalue weighted by molar-refractivity contribution is 0.0951. The summed E-state index contributed by atoms with van der Waals surface area (Å²) >= 11 is 3.39. The van der Waals surface area contributed by atoms with Gasteiger partial charge in [-0.2, -0.15) is 0 Å². The fraction of sp³-hybridized carbons (Fsp3) is 0.417. The van der Waals surface area contributed by atoms with E-state index in [-0.39, 0.29) is 5.91 Å². The molecular weight excluding hydrogens is 254 g/mol. The first-order valence-corrected chi connectivity index (χ1v) is 6.00. The SMILES string of the molecule is Cc1cc(Br)cc(C(=O)NCC2CC2)c1. The summed E-state index contributed by atoms with van der Waals surface area (Å²) in [7, 11) is 0. The minimum absolute atomic E-state index is 0.0336. The highest BCUT2D eigenvalue weighted by atomic mass is 79.9. The third kappa shape index (κ3) is 3.06. The van der Waals surface area contributed by atoms with Gasteiger partial charge in [-0.15, -0.1) is 0 Å². The molecule has 15 heavy (non-hydrogen) atoms. The van der Waals surface area contributed by atoms with Crippen LogP contribution < -0.4 is 5.32 Å². The van der Waals surface area contributed by atoms with Crippen LogP contribution in [0, 0.1) is 12.8 Å². The van der Waals surface area contributed by atoms with E-state index in [2.05, 4.69) is 21.2 Å². The molecule has 1 N–H and O–H groups in total. The van der Waals surface area contributed by atoms with E-state index in [0.29, 0.717) is 0 Å². The van der Waals surface area contributed by atoms with Gasteiger partial charge in [0.15, 0.2) is 0 Å². The van der Waals surface area contributed by atoms with E-state index in [0.717, 1.165) is 28.1 Å². The molecule has 1 aromatic rings. The summed E-state index contributed by atoms with van der Waals surface area (Å²) in [6.45, 7) is 2.81. The summed E-state index contributed by atoms with van der Waals surface area (Å²) in [5.41, 5.74) is 1.84. The molecule has 0 saturated heterocycles. The normalized spacial score (nSPS) is 15.1. The second-order valence-corrected chi connectivity index (χ2v) is 5.09. The highest BCUT2D eigenvalue weighted by molar-refractivity contribution is 9.10. The molecule has 80 valence electrons. The summed E-state index contributed by atoms with van der Waals surface area (Å²) in [4.78, 5) is 11.7. The summed E-state index contributed by atoms with van der Waals surface area (Å²) in [6, 6.07) is 5.76. The van der Waals surface area contributed by atoms with Crippen molar-refractivity contribution in [2.75, 3.05) is 6.54 Å². The van der Waals surface area contributed by atoms with Crippen LogP contribution in [0.4, 0.5) is 0 Å². The molecule has 0 aliphatic heterocycles. The number of carbonyl (C=O) groups is 1. The lowest BCUT2D eigenvalue weighted by Crippen LogP contribution is -2.25. The van der Waals surface area contributed by atoms with Crippen LogP contribution in [0.2, 0.25) is 0 Å². The Hall–Kier alpha value is -0.830. The van der Waals surface area contributed by atoms with Crippen molar-refractivity contribution in [3.05, 3.63) is 33.8 Å². The van der Waals surface area contributed by atoms with Crippen molar-refractivity contribution in [1.29, 1.82) is 0 Å². The molecular formula is C12H14BrNO. The summed E-state index contributed by atoms with van der Waals surface area (Å²) < 4.78 is 0.957. The van der Waals surface area contributed by atoms with Crippen molar-refractivity contribution in [3.8, 4) is 0 Å². The zero-order valence-electron chi connectivity index (χ0n) is 8.72. The van der Waals surface area contributed by atoms with Crippen LogP contribution in [0.25, 0.3) is 0 Å². The minimum Gasteiger partial charge on any atom is -0.352 e. The Labute approximate surface area is 98.2 Å². The van der Waals surface area contributed by atoms with Crippen LogP contribution in [0.15, 0.2) is 22.7 Å². The molecule has 2 nitrogen and oxygen atoms in total. The predicted molar refractivity (Wildman–Crippen MR) is 63.9 cm³/mol. The molecule has 1 amide bonds. The van der Waals surface area contributed by atoms with Gasteiger partial charge >= 0.3 is 0 Å². The first kappa shape index (κ1) is 10.7. The molecule has 1 aliphatic carbocycles. The molecule has 0 unspecified atom stereocenters. The van der Waals surface area contributed by atoms with E-state index >= 15 is 0 Å². The molecule has 0 radical (unpaired) electrons. The average Bonchev–Trinajstić information content (AvgIpc) is 2.96. The predicted octanol–water partition coefficient (Wildman–Crippen LogP) is 2.90. The summed E-state index contributed by atoms with van der Waals surface area (Å²) in [6.07, 6.45) is 2.52. The van der Waals surface area contributed by atoms with Gasteiger partial charge in [0.2, 0.25) is 0 Å². The maximum Gasteiger partial charge on any atom is 0.251 e. The molecule has 0 heterocycles. The van der Waals surface area contributed by atoms with Crippen molar-refractivity contribution < 1.29 is 4.79 Å². The van der Waals surface area contributed by atoms with Crippen molar-refractivity contribution in [1.82, 2.24) is 5.32 Å². The molecule has 3 heteroatoms. The molecule has 0 aromatic heterocycles. The van der Waals surface area contributed by atoms with Gasteiger partial charge in [-0.3, -0.25) is 4.79 Å². The third-order valence-corrected chi connectivity index (χ3v) is 3.01. The van der Waals surface area contributed by atoms with Gasteiger partial charge in [-0.1, -0.05) is 15.9 Å². The Morgan fingerprint density at radius 2 is 2.20 bits per heavy atom. The van der Waals surface area contributed by atoms with E-state index in [1.165, 1.54) is 12.8 Å². The van der Waals surface area contributed by atoms with Crippen molar-refractivity contribution in [2.45, 2.75) is 19.8 Å². The van der Waals surface area contributed by atoms with Crippen molar-refractivity contribution in [3.63, 3.8) is 0 Å². The molecule has 1 saturated carbocycles. The first-order valence-electron chi connectivity index (χ1n) is 5.20. The second-order valence-electron chi connectivity index (χ2n) is 4.17. The number of aryl methyl sites for hydroxylation is 1. The number of amides is 1. The van der Waals surface area contributed by atoms with Crippen LogP contribution in [-0.4, -0.2) is 12.5 Å². The fourth-order valence-electron chi connectivity index (χ4n) is 1.53. The number of halogens is 1. The van der Waals surface area contributed by atoms with Crippen LogP contribution in [0.1, 0.15) is 28.8 Å². The number of nitrogens with one attached hydrogen (secondary N) is 1. The molecule has 2 rings (SSSR count). The quantitative estimate of drug-likeness (QED) is 0.897. The largest absolute Gasteiger partial charge is 0.352 e. The van der Waals surface area contributed by atoms with E-state index in [9.17, 15) is 4.79 Å².